The average Bonchev–Trinajstić information content (AvgIpc) is 2.60. The van der Waals surface area contributed by atoms with Crippen molar-refractivity contribution >= 4 is 11.1 Å². The van der Waals surface area contributed by atoms with E-state index in [2.05, 4.69) is 4.98 Å². The van der Waals surface area contributed by atoms with Crippen LogP contribution >= 0.6 is 0 Å². The number of rotatable bonds is 2. The number of fused-ring (bicyclic) bond motifs is 1. The molecule has 0 unspecified atom stereocenters. The normalized spacial score (nSPS) is 11.9. The Morgan fingerprint density at radius 2 is 1.88 bits per heavy atom. The predicted octanol–water partition coefficient (Wildman–Crippen LogP) is 1.99. The molecule has 0 bridgehead atoms. The van der Waals surface area contributed by atoms with Crippen LogP contribution in [0.2, 0.25) is 0 Å². The third kappa shape index (κ3) is 1.81. The minimum absolute atomic E-state index is 0.173. The fraction of sp³-hybridized carbons (Fsp3) is 0.500. The minimum atomic E-state index is -0.429. The van der Waals surface area contributed by atoms with Crippen molar-refractivity contribution in [1.82, 2.24) is 9.55 Å². The first kappa shape index (κ1) is 11.7. The summed E-state index contributed by atoms with van der Waals surface area (Å²) in [6, 6.07) is 1.53. The maximum Gasteiger partial charge on any atom is 0.331 e. The molecule has 0 amide bonds. The number of H-pyrrole nitrogens is 1. The summed E-state index contributed by atoms with van der Waals surface area (Å²) in [6.07, 6.45) is 0. The standard InChI is InChI=1S/C12H16N2O3/c1-6(2)9-5-8-10(17-9)13-12(16)14(7(3)4)11(8)15/h5-7H,1-4H3,(H,13,16). The van der Waals surface area contributed by atoms with Gasteiger partial charge in [-0.25, -0.2) is 4.79 Å². The van der Waals surface area contributed by atoms with Gasteiger partial charge in [0.15, 0.2) is 0 Å². The second-order valence-electron chi connectivity index (χ2n) is 4.75. The molecular formula is C12H16N2O3. The first-order valence-corrected chi connectivity index (χ1v) is 5.70. The van der Waals surface area contributed by atoms with E-state index in [0.29, 0.717) is 11.1 Å². The van der Waals surface area contributed by atoms with Gasteiger partial charge in [0.25, 0.3) is 5.56 Å². The van der Waals surface area contributed by atoms with Crippen molar-refractivity contribution in [3.05, 3.63) is 32.7 Å². The molecule has 92 valence electrons. The molecule has 0 saturated heterocycles. The molecule has 2 heterocycles. The fourth-order valence-corrected chi connectivity index (χ4v) is 1.79. The van der Waals surface area contributed by atoms with Crippen LogP contribution in [0.4, 0.5) is 0 Å². The minimum Gasteiger partial charge on any atom is -0.444 e. The highest BCUT2D eigenvalue weighted by molar-refractivity contribution is 5.72. The van der Waals surface area contributed by atoms with Crippen LogP contribution in [0.3, 0.4) is 0 Å². The number of furan rings is 1. The number of aromatic amines is 1. The largest absolute Gasteiger partial charge is 0.444 e. The molecule has 1 N–H and O–H groups in total. The fourth-order valence-electron chi connectivity index (χ4n) is 1.79. The van der Waals surface area contributed by atoms with E-state index >= 15 is 0 Å². The maximum absolute atomic E-state index is 12.1. The number of nitrogens with one attached hydrogen (secondary N) is 1. The summed E-state index contributed by atoms with van der Waals surface area (Å²) in [5.74, 6) is 0.882. The lowest BCUT2D eigenvalue weighted by molar-refractivity contribution is 0.503. The topological polar surface area (TPSA) is 68.0 Å². The quantitative estimate of drug-likeness (QED) is 0.866. The van der Waals surface area contributed by atoms with Gasteiger partial charge in [-0.05, 0) is 19.9 Å². The highest BCUT2D eigenvalue weighted by atomic mass is 16.3. The van der Waals surface area contributed by atoms with Gasteiger partial charge < -0.3 is 4.42 Å². The van der Waals surface area contributed by atoms with Gasteiger partial charge in [0.2, 0.25) is 5.71 Å². The molecule has 2 rings (SSSR count). The highest BCUT2D eigenvalue weighted by Crippen LogP contribution is 2.20. The molecule has 0 aliphatic rings. The molecule has 0 atom stereocenters. The molecule has 0 aromatic carbocycles. The van der Waals surface area contributed by atoms with E-state index < -0.39 is 5.69 Å². The summed E-state index contributed by atoms with van der Waals surface area (Å²) in [5, 5.41) is 0.432. The average molecular weight is 236 g/mol. The Morgan fingerprint density at radius 1 is 1.24 bits per heavy atom. The summed E-state index contributed by atoms with van der Waals surface area (Å²) in [7, 11) is 0. The monoisotopic (exact) mass is 236 g/mol. The smallest absolute Gasteiger partial charge is 0.331 e. The summed E-state index contributed by atoms with van der Waals surface area (Å²) in [4.78, 5) is 26.4. The van der Waals surface area contributed by atoms with Crippen LogP contribution in [0, 0.1) is 0 Å². The van der Waals surface area contributed by atoms with Gasteiger partial charge >= 0.3 is 5.69 Å². The Balaban J connectivity index is 2.84. The van der Waals surface area contributed by atoms with Crippen molar-refractivity contribution in [2.45, 2.75) is 39.7 Å². The number of aromatic nitrogens is 2. The van der Waals surface area contributed by atoms with E-state index in [1.807, 2.05) is 13.8 Å². The molecule has 2 aromatic rings. The van der Waals surface area contributed by atoms with Gasteiger partial charge in [0.1, 0.15) is 11.1 Å². The van der Waals surface area contributed by atoms with Crippen molar-refractivity contribution in [1.29, 1.82) is 0 Å². The first-order valence-electron chi connectivity index (χ1n) is 5.70. The molecule has 0 aliphatic heterocycles. The van der Waals surface area contributed by atoms with E-state index in [1.165, 1.54) is 4.57 Å². The second-order valence-corrected chi connectivity index (χ2v) is 4.75. The molecular weight excluding hydrogens is 220 g/mol. The van der Waals surface area contributed by atoms with Crippen LogP contribution < -0.4 is 11.2 Å². The van der Waals surface area contributed by atoms with Crippen LogP contribution in [-0.2, 0) is 0 Å². The molecule has 0 radical (unpaired) electrons. The van der Waals surface area contributed by atoms with Crippen LogP contribution in [-0.4, -0.2) is 9.55 Å². The van der Waals surface area contributed by atoms with Crippen LogP contribution in [0.25, 0.3) is 11.1 Å². The van der Waals surface area contributed by atoms with E-state index in [0.717, 1.165) is 0 Å². The highest BCUT2D eigenvalue weighted by Gasteiger charge is 2.15. The van der Waals surface area contributed by atoms with Gasteiger partial charge in [-0.3, -0.25) is 14.3 Å². The van der Waals surface area contributed by atoms with Gasteiger partial charge in [-0.2, -0.15) is 0 Å². The molecule has 0 fully saturated rings. The Labute approximate surface area is 98.1 Å². The van der Waals surface area contributed by atoms with Crippen molar-refractivity contribution in [3.8, 4) is 0 Å². The van der Waals surface area contributed by atoms with Crippen molar-refractivity contribution in [2.75, 3.05) is 0 Å². The van der Waals surface area contributed by atoms with E-state index in [4.69, 9.17) is 4.42 Å². The zero-order valence-electron chi connectivity index (χ0n) is 10.4. The van der Waals surface area contributed by atoms with E-state index in [9.17, 15) is 9.59 Å². The van der Waals surface area contributed by atoms with Crippen LogP contribution in [0.5, 0.6) is 0 Å². The first-order chi connectivity index (χ1) is 7.91. The Bertz CT molecular complexity index is 658. The lowest BCUT2D eigenvalue weighted by atomic mass is 10.1. The van der Waals surface area contributed by atoms with Crippen molar-refractivity contribution < 1.29 is 4.42 Å². The van der Waals surface area contributed by atoms with Gasteiger partial charge in [0.05, 0.1) is 0 Å². The lowest BCUT2D eigenvalue weighted by Crippen LogP contribution is -2.35. The third-order valence-electron chi connectivity index (χ3n) is 2.73. The summed E-state index contributed by atoms with van der Waals surface area (Å²) in [6.45, 7) is 7.53. The summed E-state index contributed by atoms with van der Waals surface area (Å²) >= 11 is 0. The Kier molecular flexibility index (Phi) is 2.69. The van der Waals surface area contributed by atoms with Crippen molar-refractivity contribution in [3.63, 3.8) is 0 Å². The van der Waals surface area contributed by atoms with Gasteiger partial charge in [0, 0.05) is 12.0 Å². The second kappa shape index (κ2) is 3.91. The molecule has 17 heavy (non-hydrogen) atoms. The predicted molar refractivity (Wildman–Crippen MR) is 65.6 cm³/mol. The van der Waals surface area contributed by atoms with Crippen LogP contribution in [0.15, 0.2) is 20.1 Å². The van der Waals surface area contributed by atoms with Crippen LogP contribution in [0.1, 0.15) is 45.4 Å². The zero-order valence-corrected chi connectivity index (χ0v) is 10.4. The Hall–Kier alpha value is -1.78. The Morgan fingerprint density at radius 3 is 2.41 bits per heavy atom. The molecule has 5 nitrogen and oxygen atoms in total. The summed E-state index contributed by atoms with van der Waals surface area (Å²) < 4.78 is 6.65. The molecule has 0 aliphatic carbocycles. The SMILES string of the molecule is CC(C)c1cc2c(=O)n(C(C)C)c(=O)[nH]c2o1. The van der Waals surface area contributed by atoms with Gasteiger partial charge in [-0.1, -0.05) is 13.8 Å². The molecule has 2 aromatic heterocycles. The number of hydrogen-bond acceptors (Lipinski definition) is 3. The van der Waals surface area contributed by atoms with E-state index in [1.54, 1.807) is 19.9 Å². The van der Waals surface area contributed by atoms with Gasteiger partial charge in [-0.15, -0.1) is 0 Å². The lowest BCUT2D eigenvalue weighted by Gasteiger charge is -2.06. The maximum atomic E-state index is 12.1. The van der Waals surface area contributed by atoms with E-state index in [-0.39, 0.29) is 23.2 Å². The number of nitrogens with zero attached hydrogens (tertiary/aromatic N) is 1. The molecule has 0 saturated carbocycles. The zero-order chi connectivity index (χ0) is 12.7. The molecule has 5 heteroatoms. The number of hydrogen-bond donors (Lipinski definition) is 1. The third-order valence-corrected chi connectivity index (χ3v) is 2.73. The summed E-state index contributed by atoms with van der Waals surface area (Å²) in [5.41, 5.74) is -0.461. The molecule has 0 spiro atoms. The van der Waals surface area contributed by atoms with Crippen molar-refractivity contribution in [2.24, 2.45) is 0 Å².